The zero-order valence-electron chi connectivity index (χ0n) is 82.2. The SMILES string of the molecule is CC.CC.CC.CC.CC.CC.CC.CC.Cc1cn(C2CCCc3ccccc32)c2ncnc(N)c12.Cc1cn(C2CCCc3ccccc32)c2ncnc(N)c12.Cc1cn(C2CCCc3ccccc32)c2ncnc(N)c12.Cc1cn(C2CCCc3ccccc32)c2ncnc(N)c12.c1ccc2[nH]ccc2c1.c1ccc2[nH]ncc2c1.c1cnc2[nH]ccc2c1.c1cncnc1. The second kappa shape index (κ2) is 55.1. The monoisotopic (exact) mass is 1790 g/mol. The highest BCUT2D eigenvalue weighted by atomic mass is 15.1. The van der Waals surface area contributed by atoms with Gasteiger partial charge in [-0.3, -0.25) is 5.10 Å². The van der Waals surface area contributed by atoms with Crippen molar-refractivity contribution in [3.8, 4) is 0 Å². The predicted molar refractivity (Wildman–Crippen MR) is 560 cm³/mol. The van der Waals surface area contributed by atoms with E-state index in [0.29, 0.717) is 47.4 Å². The molecule has 0 fully saturated rings. The molecule has 0 saturated heterocycles. The number of fused-ring (bicyclic) bond motifs is 11. The molecule has 23 nitrogen and oxygen atoms in total. The van der Waals surface area contributed by atoms with Crippen LogP contribution in [0, 0.1) is 27.7 Å². The molecule has 698 valence electrons. The summed E-state index contributed by atoms with van der Waals surface area (Å²) >= 11 is 0. The molecule has 0 amide bonds. The van der Waals surface area contributed by atoms with Crippen LogP contribution in [0.5, 0.6) is 0 Å². The van der Waals surface area contributed by atoms with Gasteiger partial charge in [-0.25, -0.2) is 54.8 Å². The number of H-pyrrole nitrogens is 3. The summed E-state index contributed by atoms with van der Waals surface area (Å²) in [6.45, 7) is 40.3. The van der Waals surface area contributed by atoms with Gasteiger partial charge in [0.15, 0.2) is 0 Å². The van der Waals surface area contributed by atoms with Gasteiger partial charge in [-0.15, -0.1) is 0 Å². The smallest absolute Gasteiger partial charge is 0.146 e. The maximum atomic E-state index is 6.03. The molecule has 133 heavy (non-hydrogen) atoms. The quantitative estimate of drug-likeness (QED) is 0.0861. The molecule has 4 unspecified atom stereocenters. The van der Waals surface area contributed by atoms with Crippen LogP contribution < -0.4 is 22.9 Å². The molecule has 0 saturated carbocycles. The third-order valence-corrected chi connectivity index (χ3v) is 22.6. The van der Waals surface area contributed by atoms with E-state index in [0.717, 1.165) is 114 Å². The Morgan fingerprint density at radius 2 is 0.586 bits per heavy atom. The van der Waals surface area contributed by atoms with Gasteiger partial charge in [-0.1, -0.05) is 244 Å². The maximum Gasteiger partial charge on any atom is 0.146 e. The van der Waals surface area contributed by atoms with Crippen LogP contribution in [0.3, 0.4) is 0 Å². The molecule has 13 aromatic heterocycles. The highest BCUT2D eigenvalue weighted by Crippen LogP contribution is 2.42. The Morgan fingerprint density at radius 1 is 0.286 bits per heavy atom. The van der Waals surface area contributed by atoms with Crippen molar-refractivity contribution >= 4 is 100 Å². The van der Waals surface area contributed by atoms with E-state index in [1.54, 1.807) is 50.0 Å². The molecule has 4 atom stereocenters. The maximum absolute atomic E-state index is 6.03. The minimum Gasteiger partial charge on any atom is -0.383 e. The standard InChI is InChI=1S/4C17H18N4.C8H7N.2C7H6N2.C4H4N2.8C2H6/c4*1-11-9-21(17-15(11)16(18)19-10-20-17)14-8-4-6-12-5-2-3-7-13(12)14;1-2-4-8-7(3-1)5-6-9-8;1-2-6-3-5-9-7(6)8-4-1;1-2-4-7-6(3-1)5-8-9-7;1-2-5-4-6-3-1;8*1-2/h4*2-3,5,7,9-10,14H,4,6,8H2,1H3,(H2,18,19,20);1-6,9H;2*1-5H,(H,8,9);1-4H;8*1-2H3. The van der Waals surface area contributed by atoms with Gasteiger partial charge in [0.25, 0.3) is 0 Å². The number of pyridine rings is 1. The van der Waals surface area contributed by atoms with Gasteiger partial charge in [0.05, 0.1) is 57.4 Å². The van der Waals surface area contributed by atoms with Crippen molar-refractivity contribution in [3.05, 3.63) is 336 Å². The fourth-order valence-electron chi connectivity index (χ4n) is 17.2. The number of nitrogen functional groups attached to an aromatic ring is 4. The summed E-state index contributed by atoms with van der Waals surface area (Å²) in [5.74, 6) is 2.28. The number of anilines is 4. The minimum absolute atomic E-state index is 0.348. The molecule has 23 heteroatoms. The number of hydrogen-bond acceptors (Lipinski definition) is 16. The van der Waals surface area contributed by atoms with Crippen molar-refractivity contribution in [2.24, 2.45) is 0 Å². The molecule has 0 spiro atoms. The van der Waals surface area contributed by atoms with E-state index < -0.39 is 0 Å². The number of rotatable bonds is 4. The largest absolute Gasteiger partial charge is 0.383 e. The van der Waals surface area contributed by atoms with Crippen LogP contribution in [0.15, 0.2) is 270 Å². The summed E-state index contributed by atoms with van der Waals surface area (Å²) in [5, 5.41) is 14.3. The topological polar surface area (TPSA) is 326 Å². The van der Waals surface area contributed by atoms with Crippen molar-refractivity contribution in [1.82, 2.24) is 93.3 Å². The second-order valence-electron chi connectivity index (χ2n) is 30.0. The lowest BCUT2D eigenvalue weighted by atomic mass is 9.87. The lowest BCUT2D eigenvalue weighted by Crippen LogP contribution is -2.17. The van der Waals surface area contributed by atoms with Crippen molar-refractivity contribution in [2.45, 2.75) is 240 Å². The molecular formula is C110H143N23. The highest BCUT2D eigenvalue weighted by Gasteiger charge is 2.29. The Balaban J connectivity index is 0.000000188. The van der Waals surface area contributed by atoms with Crippen molar-refractivity contribution in [1.29, 1.82) is 0 Å². The first-order valence-electron chi connectivity index (χ1n) is 48.0. The number of nitrogens with zero attached hydrogens (tertiary/aromatic N) is 16. The van der Waals surface area contributed by atoms with Crippen molar-refractivity contribution in [2.75, 3.05) is 22.9 Å². The molecule has 4 aliphatic rings. The molecule has 19 aromatic rings. The summed E-state index contributed by atoms with van der Waals surface area (Å²) in [7, 11) is 0. The average Bonchev–Trinajstić information content (AvgIpc) is 1.63. The molecule has 0 radical (unpaired) electrons. The van der Waals surface area contributed by atoms with E-state index in [-0.39, 0.29) is 0 Å². The third kappa shape index (κ3) is 25.9. The second-order valence-corrected chi connectivity index (χ2v) is 30.0. The van der Waals surface area contributed by atoms with Crippen LogP contribution in [-0.4, -0.2) is 93.3 Å². The van der Waals surface area contributed by atoms with Gasteiger partial charge >= 0.3 is 0 Å². The normalized spacial score (nSPS) is 14.1. The Bertz CT molecular complexity index is 5730. The van der Waals surface area contributed by atoms with Crippen LogP contribution in [-0.2, 0) is 25.7 Å². The number of aromatic amines is 3. The van der Waals surface area contributed by atoms with Gasteiger partial charge < -0.3 is 51.2 Å². The summed E-state index contributed by atoms with van der Waals surface area (Å²) in [6.07, 6.45) is 41.3. The van der Waals surface area contributed by atoms with E-state index in [4.69, 9.17) is 22.9 Å². The van der Waals surface area contributed by atoms with Crippen molar-refractivity contribution in [3.63, 3.8) is 0 Å². The molecule has 4 aliphatic carbocycles. The molecular weight excluding hydrogens is 1640 g/mol. The highest BCUT2D eigenvalue weighted by molar-refractivity contribution is 5.92. The van der Waals surface area contributed by atoms with Crippen LogP contribution in [0.25, 0.3) is 77.0 Å². The van der Waals surface area contributed by atoms with Gasteiger partial charge in [-0.05, 0) is 219 Å². The summed E-state index contributed by atoms with van der Waals surface area (Å²) in [4.78, 5) is 52.0. The fourth-order valence-corrected chi connectivity index (χ4v) is 17.2. The van der Waals surface area contributed by atoms with Gasteiger partial charge in [0.1, 0.15) is 83.1 Å². The molecule has 0 bridgehead atoms. The van der Waals surface area contributed by atoms with E-state index in [9.17, 15) is 0 Å². The first-order valence-corrected chi connectivity index (χ1v) is 48.0. The van der Waals surface area contributed by atoms with E-state index >= 15 is 0 Å². The number of aromatic nitrogens is 19. The molecule has 23 rings (SSSR count). The zero-order valence-corrected chi connectivity index (χ0v) is 82.2. The number of hydrogen-bond donors (Lipinski definition) is 7. The summed E-state index contributed by atoms with van der Waals surface area (Å²) in [5.41, 5.74) is 47.2. The number of aryl methyl sites for hydroxylation is 8. The number of nitrogens with one attached hydrogen (secondary N) is 3. The van der Waals surface area contributed by atoms with E-state index in [1.165, 1.54) is 113 Å². The number of para-hydroxylation sites is 2. The van der Waals surface area contributed by atoms with Crippen LogP contribution >= 0.6 is 0 Å². The Hall–Kier alpha value is -14.2. The lowest BCUT2D eigenvalue weighted by molar-refractivity contribution is 0.499. The fraction of sp³-hybridized carbons (Fsp3) is 0.327. The Kier molecular flexibility index (Phi) is 43.1. The zero-order chi connectivity index (χ0) is 96.1. The number of benzene rings is 6. The number of nitrogens with two attached hydrogens (primary N) is 4. The van der Waals surface area contributed by atoms with E-state index in [2.05, 4.69) is 261 Å². The summed E-state index contributed by atoms with van der Waals surface area (Å²) in [6, 6.07) is 62.3. The Morgan fingerprint density at radius 3 is 0.902 bits per heavy atom. The first-order chi connectivity index (χ1) is 65.4. The molecule has 6 aromatic carbocycles. The minimum atomic E-state index is 0.348. The van der Waals surface area contributed by atoms with Crippen molar-refractivity contribution < 1.29 is 0 Å². The van der Waals surface area contributed by atoms with E-state index in [1.807, 2.05) is 184 Å². The predicted octanol–water partition coefficient (Wildman–Crippen LogP) is 27.0. The lowest BCUT2D eigenvalue weighted by Gasteiger charge is -2.27. The summed E-state index contributed by atoms with van der Waals surface area (Å²) < 4.78 is 9.11. The molecule has 11 N–H and O–H groups in total. The Labute approximate surface area is 787 Å². The average molecular weight is 1790 g/mol. The van der Waals surface area contributed by atoms with Gasteiger partial charge in [-0.2, -0.15) is 5.10 Å². The van der Waals surface area contributed by atoms with Crippen LogP contribution in [0.2, 0.25) is 0 Å². The van der Waals surface area contributed by atoms with Crippen LogP contribution in [0.1, 0.15) is 253 Å². The van der Waals surface area contributed by atoms with Gasteiger partial charge in [0, 0.05) is 72.1 Å². The van der Waals surface area contributed by atoms with Gasteiger partial charge in [0.2, 0.25) is 0 Å². The first kappa shape index (κ1) is 104. The third-order valence-electron chi connectivity index (χ3n) is 22.6. The van der Waals surface area contributed by atoms with Crippen LogP contribution in [0.4, 0.5) is 23.3 Å². The molecule has 13 heterocycles. The molecule has 0 aliphatic heterocycles.